The molecule has 8 heteroatoms. The maximum atomic E-state index is 11.7. The summed E-state index contributed by atoms with van der Waals surface area (Å²) in [6.07, 6.45) is 1.94. The van der Waals surface area contributed by atoms with Gasteiger partial charge in [0.25, 0.3) is 0 Å². The van der Waals surface area contributed by atoms with Crippen LogP contribution in [0.25, 0.3) is 0 Å². The minimum atomic E-state index is -0.108. The molecule has 0 aliphatic carbocycles. The zero-order chi connectivity index (χ0) is 19.4. The van der Waals surface area contributed by atoms with Crippen molar-refractivity contribution in [2.75, 3.05) is 52.8 Å². The van der Waals surface area contributed by atoms with Crippen LogP contribution in [0.5, 0.6) is 11.5 Å². The quantitative estimate of drug-likeness (QED) is 0.362. The van der Waals surface area contributed by atoms with E-state index in [2.05, 4.69) is 15.6 Å². The van der Waals surface area contributed by atoms with Gasteiger partial charge in [0.1, 0.15) is 12.6 Å². The number of benzene rings is 1. The van der Waals surface area contributed by atoms with E-state index in [0.29, 0.717) is 24.0 Å². The van der Waals surface area contributed by atoms with E-state index in [1.54, 1.807) is 33.0 Å². The molecule has 0 bridgehead atoms. The number of ether oxygens (including phenoxy) is 2. The molecule has 26 heavy (non-hydrogen) atoms. The molecule has 0 aliphatic rings. The van der Waals surface area contributed by atoms with Gasteiger partial charge in [-0.1, -0.05) is 12.1 Å². The molecule has 0 saturated heterocycles. The van der Waals surface area contributed by atoms with E-state index in [1.165, 1.54) is 4.90 Å². The molecule has 1 amide bonds. The van der Waals surface area contributed by atoms with Gasteiger partial charge in [-0.15, -0.1) is 0 Å². The van der Waals surface area contributed by atoms with Crippen LogP contribution in [0.2, 0.25) is 0 Å². The lowest BCUT2D eigenvalue weighted by Crippen LogP contribution is -2.43. The molecule has 0 spiro atoms. The lowest BCUT2D eigenvalue weighted by atomic mass is 10.3. The lowest BCUT2D eigenvalue weighted by Gasteiger charge is -2.19. The summed E-state index contributed by atoms with van der Waals surface area (Å²) in [6, 6.07) is 7.54. The molecule has 0 radical (unpaired) electrons. The molecule has 7 nitrogen and oxygen atoms in total. The van der Waals surface area contributed by atoms with Crippen molar-refractivity contribution in [3.8, 4) is 11.5 Å². The first-order valence-corrected chi connectivity index (χ1v) is 9.88. The van der Waals surface area contributed by atoms with E-state index in [9.17, 15) is 4.79 Å². The summed E-state index contributed by atoms with van der Waals surface area (Å²) in [7, 11) is 5.05. The Balaban J connectivity index is 2.60. The van der Waals surface area contributed by atoms with E-state index in [0.717, 1.165) is 12.3 Å². The van der Waals surface area contributed by atoms with Gasteiger partial charge in [-0.3, -0.25) is 4.79 Å². The number of likely N-dealkylation sites (N-methyl/N-ethyl adjacent to an activating group) is 1. The first kappa shape index (κ1) is 22.0. The summed E-state index contributed by atoms with van der Waals surface area (Å²) < 4.78 is 11.2. The fourth-order valence-electron chi connectivity index (χ4n) is 1.95. The van der Waals surface area contributed by atoms with E-state index < -0.39 is 0 Å². The summed E-state index contributed by atoms with van der Waals surface area (Å²) in [4.78, 5) is 17.6. The SMILES string of the molecule is COc1ccccc1OC(C)CNC(=NCC(=O)N(C)C)NCCSC. The number of carbonyl (C=O) groups is 1. The number of nitrogens with one attached hydrogen (secondary N) is 2. The predicted molar refractivity (Wildman–Crippen MR) is 108 cm³/mol. The maximum absolute atomic E-state index is 11.7. The smallest absolute Gasteiger partial charge is 0.243 e. The Kier molecular flexibility index (Phi) is 10.4. The van der Waals surface area contributed by atoms with Crippen molar-refractivity contribution in [1.29, 1.82) is 0 Å². The number of carbonyl (C=O) groups excluding carboxylic acids is 1. The van der Waals surface area contributed by atoms with Crippen LogP contribution in [0.4, 0.5) is 0 Å². The fourth-order valence-corrected chi connectivity index (χ4v) is 2.26. The number of guanidine groups is 1. The van der Waals surface area contributed by atoms with Crippen molar-refractivity contribution in [2.24, 2.45) is 4.99 Å². The van der Waals surface area contributed by atoms with E-state index >= 15 is 0 Å². The molecule has 2 N–H and O–H groups in total. The van der Waals surface area contributed by atoms with Gasteiger partial charge in [0.05, 0.1) is 13.7 Å². The molecule has 1 unspecified atom stereocenters. The van der Waals surface area contributed by atoms with Gasteiger partial charge in [0, 0.05) is 26.4 Å². The zero-order valence-corrected chi connectivity index (χ0v) is 17.1. The van der Waals surface area contributed by atoms with E-state index in [-0.39, 0.29) is 18.6 Å². The van der Waals surface area contributed by atoms with Gasteiger partial charge in [0.15, 0.2) is 17.5 Å². The second-order valence-electron chi connectivity index (χ2n) is 5.83. The molecule has 1 aromatic carbocycles. The fraction of sp³-hybridized carbons (Fsp3) is 0.556. The first-order chi connectivity index (χ1) is 12.5. The van der Waals surface area contributed by atoms with Gasteiger partial charge < -0.3 is 25.0 Å². The van der Waals surface area contributed by atoms with Gasteiger partial charge in [-0.2, -0.15) is 11.8 Å². The number of methoxy groups -OCH3 is 1. The Labute approximate surface area is 160 Å². The Morgan fingerprint density at radius 2 is 1.96 bits per heavy atom. The normalized spacial score (nSPS) is 12.3. The lowest BCUT2D eigenvalue weighted by molar-refractivity contribution is -0.127. The van der Waals surface area contributed by atoms with Crippen molar-refractivity contribution in [3.63, 3.8) is 0 Å². The molecule has 1 aromatic rings. The molecule has 1 atom stereocenters. The number of aliphatic imine (C=N–C) groups is 1. The highest BCUT2D eigenvalue weighted by Crippen LogP contribution is 2.26. The summed E-state index contributed by atoms with van der Waals surface area (Å²) in [5.74, 6) is 2.90. The summed E-state index contributed by atoms with van der Waals surface area (Å²) in [5.41, 5.74) is 0. The van der Waals surface area contributed by atoms with Crippen LogP contribution in [0.3, 0.4) is 0 Å². The van der Waals surface area contributed by atoms with Gasteiger partial charge in [-0.25, -0.2) is 4.99 Å². The Morgan fingerprint density at radius 3 is 2.58 bits per heavy atom. The Morgan fingerprint density at radius 1 is 1.27 bits per heavy atom. The Bertz CT molecular complexity index is 581. The molecule has 0 fully saturated rings. The molecular formula is C18H30N4O3S. The minimum Gasteiger partial charge on any atom is -0.493 e. The average Bonchev–Trinajstić information content (AvgIpc) is 2.63. The predicted octanol–water partition coefficient (Wildman–Crippen LogP) is 1.45. The van der Waals surface area contributed by atoms with Crippen molar-refractivity contribution < 1.29 is 14.3 Å². The Hall–Kier alpha value is -2.09. The monoisotopic (exact) mass is 382 g/mol. The highest BCUT2D eigenvalue weighted by molar-refractivity contribution is 7.98. The zero-order valence-electron chi connectivity index (χ0n) is 16.2. The van der Waals surface area contributed by atoms with E-state index in [4.69, 9.17) is 9.47 Å². The molecule has 0 aliphatic heterocycles. The van der Waals surface area contributed by atoms with Crippen LogP contribution in [-0.4, -0.2) is 75.7 Å². The number of rotatable bonds is 10. The second-order valence-corrected chi connectivity index (χ2v) is 6.82. The van der Waals surface area contributed by atoms with Gasteiger partial charge in [-0.05, 0) is 25.3 Å². The van der Waals surface area contributed by atoms with E-state index in [1.807, 2.05) is 37.4 Å². The van der Waals surface area contributed by atoms with Crippen LogP contribution in [0.1, 0.15) is 6.92 Å². The summed E-state index contributed by atoms with van der Waals surface area (Å²) in [6.45, 7) is 3.37. The molecular weight excluding hydrogens is 352 g/mol. The standard InChI is InChI=1S/C18H30N4O3S/c1-14(25-16-9-7-6-8-15(16)24-4)12-20-18(19-10-11-26-5)21-13-17(23)22(2)3/h6-9,14H,10-13H2,1-5H3,(H2,19,20,21). The summed E-state index contributed by atoms with van der Waals surface area (Å²) >= 11 is 1.74. The van der Waals surface area contributed by atoms with Crippen LogP contribution in [0.15, 0.2) is 29.3 Å². The molecule has 1 rings (SSSR count). The highest BCUT2D eigenvalue weighted by Gasteiger charge is 2.10. The third-order valence-corrected chi connectivity index (χ3v) is 4.04. The van der Waals surface area contributed by atoms with Crippen molar-refractivity contribution in [3.05, 3.63) is 24.3 Å². The minimum absolute atomic E-state index is 0.0470. The second kappa shape index (κ2) is 12.3. The number of nitrogens with zero attached hydrogens (tertiary/aromatic N) is 2. The van der Waals surface area contributed by atoms with Crippen LogP contribution in [-0.2, 0) is 4.79 Å². The van der Waals surface area contributed by atoms with Crippen molar-refractivity contribution in [2.45, 2.75) is 13.0 Å². The highest BCUT2D eigenvalue weighted by atomic mass is 32.2. The number of thioether (sulfide) groups is 1. The number of hydrogen-bond acceptors (Lipinski definition) is 5. The topological polar surface area (TPSA) is 75.2 Å². The van der Waals surface area contributed by atoms with Crippen LogP contribution in [0, 0.1) is 0 Å². The molecule has 0 aromatic heterocycles. The average molecular weight is 383 g/mol. The number of amides is 1. The number of para-hydroxylation sites is 2. The van der Waals surface area contributed by atoms with Gasteiger partial charge in [0.2, 0.25) is 5.91 Å². The molecule has 0 saturated carbocycles. The third-order valence-electron chi connectivity index (χ3n) is 3.42. The maximum Gasteiger partial charge on any atom is 0.243 e. The van der Waals surface area contributed by atoms with Gasteiger partial charge >= 0.3 is 0 Å². The molecule has 146 valence electrons. The van der Waals surface area contributed by atoms with Crippen LogP contribution >= 0.6 is 11.8 Å². The van der Waals surface area contributed by atoms with Crippen molar-refractivity contribution in [1.82, 2.24) is 15.5 Å². The van der Waals surface area contributed by atoms with Crippen LogP contribution < -0.4 is 20.1 Å². The van der Waals surface area contributed by atoms with Crippen molar-refractivity contribution >= 4 is 23.6 Å². The number of hydrogen-bond donors (Lipinski definition) is 2. The molecule has 0 heterocycles. The largest absolute Gasteiger partial charge is 0.493 e. The summed E-state index contributed by atoms with van der Waals surface area (Å²) in [5, 5.41) is 6.45. The first-order valence-electron chi connectivity index (χ1n) is 8.48. The third kappa shape index (κ3) is 8.33.